The minimum atomic E-state index is 0.525. The van der Waals surface area contributed by atoms with Gasteiger partial charge in [-0.3, -0.25) is 0 Å². The fourth-order valence-corrected chi connectivity index (χ4v) is 2.80. The van der Waals surface area contributed by atoms with E-state index in [4.69, 9.17) is 10.5 Å². The smallest absolute Gasteiger partial charge is 0.185 e. The van der Waals surface area contributed by atoms with E-state index in [1.54, 1.807) is 11.3 Å². The standard InChI is InChI=1S/C11H19N3OS/c1-14(6-9-3-2-4-15-7-9)11-13-10(5-12)8-16-11/h8-9H,2-7,12H2,1H3. The Bertz CT molecular complexity index is 323. The van der Waals surface area contributed by atoms with Gasteiger partial charge in [-0.1, -0.05) is 0 Å². The maximum absolute atomic E-state index is 5.55. The van der Waals surface area contributed by atoms with Crippen molar-refractivity contribution in [1.29, 1.82) is 0 Å². The van der Waals surface area contributed by atoms with E-state index in [9.17, 15) is 0 Å². The maximum atomic E-state index is 5.55. The number of anilines is 1. The van der Waals surface area contributed by atoms with Gasteiger partial charge in [0.25, 0.3) is 0 Å². The molecule has 1 aliphatic rings. The minimum Gasteiger partial charge on any atom is -0.381 e. The Morgan fingerprint density at radius 3 is 3.19 bits per heavy atom. The van der Waals surface area contributed by atoms with Gasteiger partial charge in [-0.05, 0) is 18.8 Å². The van der Waals surface area contributed by atoms with Gasteiger partial charge in [-0.25, -0.2) is 4.98 Å². The molecule has 0 saturated carbocycles. The molecule has 0 amide bonds. The predicted octanol–water partition coefficient (Wildman–Crippen LogP) is 1.46. The van der Waals surface area contributed by atoms with Crippen molar-refractivity contribution >= 4 is 16.5 Å². The maximum Gasteiger partial charge on any atom is 0.185 e. The van der Waals surface area contributed by atoms with Crippen LogP contribution in [0, 0.1) is 5.92 Å². The van der Waals surface area contributed by atoms with E-state index in [1.807, 2.05) is 5.38 Å². The van der Waals surface area contributed by atoms with Crippen LogP contribution in [0.25, 0.3) is 0 Å². The largest absolute Gasteiger partial charge is 0.381 e. The molecule has 1 atom stereocenters. The number of hydrogen-bond acceptors (Lipinski definition) is 5. The van der Waals surface area contributed by atoms with Crippen molar-refractivity contribution in [3.8, 4) is 0 Å². The second-order valence-electron chi connectivity index (χ2n) is 4.29. The zero-order valence-electron chi connectivity index (χ0n) is 9.69. The molecular formula is C11H19N3OS. The fourth-order valence-electron chi connectivity index (χ4n) is 1.98. The van der Waals surface area contributed by atoms with Crippen LogP contribution >= 0.6 is 11.3 Å². The first-order chi connectivity index (χ1) is 7.79. The summed E-state index contributed by atoms with van der Waals surface area (Å²) in [6.07, 6.45) is 2.45. The van der Waals surface area contributed by atoms with Gasteiger partial charge in [0.15, 0.2) is 5.13 Å². The van der Waals surface area contributed by atoms with Gasteiger partial charge in [0.05, 0.1) is 12.3 Å². The molecule has 4 nitrogen and oxygen atoms in total. The summed E-state index contributed by atoms with van der Waals surface area (Å²) in [5, 5.41) is 3.09. The molecule has 2 N–H and O–H groups in total. The van der Waals surface area contributed by atoms with Crippen LogP contribution in [0.4, 0.5) is 5.13 Å². The molecule has 0 radical (unpaired) electrons. The number of aromatic nitrogens is 1. The van der Waals surface area contributed by atoms with Gasteiger partial charge < -0.3 is 15.4 Å². The number of hydrogen-bond donors (Lipinski definition) is 1. The fraction of sp³-hybridized carbons (Fsp3) is 0.727. The lowest BCUT2D eigenvalue weighted by Gasteiger charge is -2.26. The second kappa shape index (κ2) is 5.61. The third-order valence-corrected chi connectivity index (χ3v) is 3.87. The molecule has 1 unspecified atom stereocenters. The summed E-state index contributed by atoms with van der Waals surface area (Å²) in [7, 11) is 2.09. The highest BCUT2D eigenvalue weighted by atomic mass is 32.1. The van der Waals surface area contributed by atoms with Gasteiger partial charge in [0.1, 0.15) is 0 Å². The molecule has 2 rings (SSSR count). The van der Waals surface area contributed by atoms with Crippen molar-refractivity contribution in [2.75, 3.05) is 31.7 Å². The zero-order valence-corrected chi connectivity index (χ0v) is 10.5. The molecular weight excluding hydrogens is 222 g/mol. The first kappa shape index (κ1) is 11.8. The predicted molar refractivity (Wildman–Crippen MR) is 66.8 cm³/mol. The molecule has 1 fully saturated rings. The monoisotopic (exact) mass is 241 g/mol. The van der Waals surface area contributed by atoms with Gasteiger partial charge >= 0.3 is 0 Å². The van der Waals surface area contributed by atoms with Gasteiger partial charge in [0.2, 0.25) is 0 Å². The molecule has 0 bridgehead atoms. The molecule has 0 spiro atoms. The molecule has 5 heteroatoms. The lowest BCUT2D eigenvalue weighted by atomic mass is 10.0. The van der Waals surface area contributed by atoms with E-state index in [2.05, 4.69) is 16.9 Å². The van der Waals surface area contributed by atoms with Crippen molar-refractivity contribution in [3.05, 3.63) is 11.1 Å². The van der Waals surface area contributed by atoms with Crippen LogP contribution in [-0.4, -0.2) is 31.8 Å². The van der Waals surface area contributed by atoms with Crippen LogP contribution in [0.15, 0.2) is 5.38 Å². The van der Waals surface area contributed by atoms with E-state index in [1.165, 1.54) is 12.8 Å². The molecule has 16 heavy (non-hydrogen) atoms. The zero-order chi connectivity index (χ0) is 11.4. The lowest BCUT2D eigenvalue weighted by molar-refractivity contribution is 0.0576. The van der Waals surface area contributed by atoms with Crippen molar-refractivity contribution in [2.45, 2.75) is 19.4 Å². The number of rotatable bonds is 4. The average Bonchev–Trinajstić information content (AvgIpc) is 2.79. The summed E-state index contributed by atoms with van der Waals surface area (Å²) in [4.78, 5) is 6.68. The Hall–Kier alpha value is -0.650. The summed E-state index contributed by atoms with van der Waals surface area (Å²) >= 11 is 1.66. The molecule has 0 aromatic carbocycles. The molecule has 0 aliphatic carbocycles. The van der Waals surface area contributed by atoms with E-state index in [0.29, 0.717) is 12.5 Å². The second-order valence-corrected chi connectivity index (χ2v) is 5.13. The SMILES string of the molecule is CN(CC1CCCOC1)c1nc(CN)cs1. The highest BCUT2D eigenvalue weighted by Gasteiger charge is 2.17. The summed E-state index contributed by atoms with van der Waals surface area (Å²) in [6, 6.07) is 0. The van der Waals surface area contributed by atoms with Crippen molar-refractivity contribution in [3.63, 3.8) is 0 Å². The third-order valence-electron chi connectivity index (χ3n) is 2.86. The number of ether oxygens (including phenoxy) is 1. The normalized spacial score (nSPS) is 21.0. The van der Waals surface area contributed by atoms with E-state index >= 15 is 0 Å². The first-order valence-corrected chi connectivity index (χ1v) is 6.61. The summed E-state index contributed by atoms with van der Waals surface area (Å²) in [5.74, 6) is 0.643. The Morgan fingerprint density at radius 1 is 1.69 bits per heavy atom. The van der Waals surface area contributed by atoms with Crippen LogP contribution < -0.4 is 10.6 Å². The highest BCUT2D eigenvalue weighted by molar-refractivity contribution is 7.13. The van der Waals surface area contributed by atoms with Crippen molar-refractivity contribution in [2.24, 2.45) is 11.7 Å². The quantitative estimate of drug-likeness (QED) is 0.867. The Morgan fingerprint density at radius 2 is 2.56 bits per heavy atom. The molecule has 1 aliphatic heterocycles. The Labute approximate surface area is 100 Å². The summed E-state index contributed by atoms with van der Waals surface area (Å²) < 4.78 is 5.48. The van der Waals surface area contributed by atoms with E-state index in [0.717, 1.165) is 30.6 Å². The molecule has 1 saturated heterocycles. The van der Waals surface area contributed by atoms with Gasteiger partial charge in [0, 0.05) is 32.1 Å². The third kappa shape index (κ3) is 2.93. The minimum absolute atomic E-state index is 0.525. The number of nitrogens with two attached hydrogens (primary N) is 1. The Kier molecular flexibility index (Phi) is 4.15. The topological polar surface area (TPSA) is 51.4 Å². The van der Waals surface area contributed by atoms with Crippen molar-refractivity contribution in [1.82, 2.24) is 4.98 Å². The number of thiazole rings is 1. The van der Waals surface area contributed by atoms with Crippen LogP contribution in [0.5, 0.6) is 0 Å². The van der Waals surface area contributed by atoms with Crippen molar-refractivity contribution < 1.29 is 4.74 Å². The molecule has 90 valence electrons. The molecule has 2 heterocycles. The Balaban J connectivity index is 1.88. The summed E-state index contributed by atoms with van der Waals surface area (Å²) in [6.45, 7) is 3.36. The van der Waals surface area contributed by atoms with E-state index in [-0.39, 0.29) is 0 Å². The lowest BCUT2D eigenvalue weighted by Crippen LogP contribution is -2.30. The highest BCUT2D eigenvalue weighted by Crippen LogP contribution is 2.22. The first-order valence-electron chi connectivity index (χ1n) is 5.73. The summed E-state index contributed by atoms with van der Waals surface area (Å²) in [5.41, 5.74) is 6.53. The van der Waals surface area contributed by atoms with Crippen LogP contribution in [0.3, 0.4) is 0 Å². The van der Waals surface area contributed by atoms with Crippen LogP contribution in [-0.2, 0) is 11.3 Å². The van der Waals surface area contributed by atoms with Crippen LogP contribution in [0.2, 0.25) is 0 Å². The molecule has 1 aromatic rings. The van der Waals surface area contributed by atoms with Crippen LogP contribution in [0.1, 0.15) is 18.5 Å². The van der Waals surface area contributed by atoms with E-state index < -0.39 is 0 Å². The average molecular weight is 241 g/mol. The van der Waals surface area contributed by atoms with Gasteiger partial charge in [-0.2, -0.15) is 0 Å². The van der Waals surface area contributed by atoms with Gasteiger partial charge in [-0.15, -0.1) is 11.3 Å². The molecule has 1 aromatic heterocycles. The number of nitrogens with zero attached hydrogens (tertiary/aromatic N) is 2.